The zero-order chi connectivity index (χ0) is 29.5. The number of anilines is 1. The maximum Gasteiger partial charge on any atom is 0.303 e. The Balaban J connectivity index is 0.000000810. The van der Waals surface area contributed by atoms with E-state index in [0.717, 1.165) is 41.2 Å². The first-order chi connectivity index (χ1) is 18.7. The molecule has 0 aliphatic carbocycles. The number of rotatable bonds is 10. The summed E-state index contributed by atoms with van der Waals surface area (Å²) >= 11 is 0. The molecule has 40 heavy (non-hydrogen) atoms. The normalized spacial score (nSPS) is 13.9. The number of aliphatic carboxylic acids is 1. The second-order valence-electron chi connectivity index (χ2n) is 10.5. The zero-order valence-electron chi connectivity index (χ0n) is 23.2. The third kappa shape index (κ3) is 9.62. The highest BCUT2D eigenvalue weighted by Gasteiger charge is 2.34. The van der Waals surface area contributed by atoms with Gasteiger partial charge in [-0.15, -0.1) is 0 Å². The van der Waals surface area contributed by atoms with Gasteiger partial charge in [0.25, 0.3) is 10.1 Å². The largest absolute Gasteiger partial charge is 0.493 e. The molecule has 1 aliphatic rings. The average Bonchev–Trinajstić information content (AvgIpc) is 2.83. The number of hydrogen-bond donors (Lipinski definition) is 3. The molecule has 0 bridgehead atoms. The number of carbonyl (C=O) groups is 1. The predicted octanol–water partition coefficient (Wildman–Crippen LogP) is 5.66. The van der Waals surface area contributed by atoms with Gasteiger partial charge in [-0.3, -0.25) is 9.35 Å². The summed E-state index contributed by atoms with van der Waals surface area (Å²) < 4.78 is 51.6. The van der Waals surface area contributed by atoms with Crippen molar-refractivity contribution >= 4 is 21.8 Å². The Bertz CT molecular complexity index is 1420. The van der Waals surface area contributed by atoms with E-state index in [9.17, 15) is 17.6 Å². The topological polar surface area (TPSA) is 122 Å². The molecule has 0 amide bonds. The summed E-state index contributed by atoms with van der Waals surface area (Å²) in [5.74, 6) is -0.446. The first-order valence-corrected chi connectivity index (χ1v) is 14.6. The van der Waals surface area contributed by atoms with Gasteiger partial charge in [0.2, 0.25) is 0 Å². The van der Waals surface area contributed by atoms with Crippen LogP contribution in [0, 0.1) is 25.1 Å². The van der Waals surface area contributed by atoms with Crippen LogP contribution in [0.1, 0.15) is 35.6 Å². The molecule has 3 aromatic carbocycles. The predicted molar refractivity (Wildman–Crippen MR) is 153 cm³/mol. The summed E-state index contributed by atoms with van der Waals surface area (Å²) in [7, 11) is -3.67. The van der Waals surface area contributed by atoms with E-state index in [1.54, 1.807) is 12.1 Å². The number of aryl methyl sites for hydroxylation is 3. The summed E-state index contributed by atoms with van der Waals surface area (Å²) in [4.78, 5) is 10.7. The average molecular weight is 574 g/mol. The van der Waals surface area contributed by atoms with Crippen molar-refractivity contribution in [3.8, 4) is 16.9 Å². The first-order valence-electron chi connectivity index (χ1n) is 12.8. The lowest BCUT2D eigenvalue weighted by Gasteiger charge is -2.37. The Morgan fingerprint density at radius 1 is 1.10 bits per heavy atom. The molecule has 3 aromatic rings. The fraction of sp³-hybridized carbons (Fsp3) is 0.367. The van der Waals surface area contributed by atoms with Crippen molar-refractivity contribution in [2.45, 2.75) is 40.2 Å². The van der Waals surface area contributed by atoms with Crippen LogP contribution in [0.5, 0.6) is 5.75 Å². The van der Waals surface area contributed by atoms with Crippen molar-refractivity contribution in [3.63, 3.8) is 0 Å². The summed E-state index contributed by atoms with van der Waals surface area (Å²) in [6, 6.07) is 17.3. The minimum absolute atomic E-state index is 0.0865. The summed E-state index contributed by atoms with van der Waals surface area (Å²) in [5, 5.41) is 12.1. The van der Waals surface area contributed by atoms with Crippen LogP contribution in [0.4, 0.5) is 10.1 Å². The second kappa shape index (κ2) is 13.3. The van der Waals surface area contributed by atoms with Crippen LogP contribution in [0.3, 0.4) is 0 Å². The molecule has 0 unspecified atom stereocenters. The molecule has 0 spiro atoms. The Labute approximate surface area is 234 Å². The van der Waals surface area contributed by atoms with E-state index in [0.29, 0.717) is 30.7 Å². The smallest absolute Gasteiger partial charge is 0.303 e. The zero-order valence-corrected chi connectivity index (χ0v) is 24.0. The lowest BCUT2D eigenvalue weighted by molar-refractivity contribution is -0.136. The Kier molecular flexibility index (Phi) is 10.3. The van der Waals surface area contributed by atoms with Gasteiger partial charge in [0.05, 0.1) is 26.1 Å². The third-order valence-corrected chi connectivity index (χ3v) is 6.37. The van der Waals surface area contributed by atoms with Crippen molar-refractivity contribution < 1.29 is 36.7 Å². The van der Waals surface area contributed by atoms with E-state index in [-0.39, 0.29) is 18.3 Å². The maximum absolute atomic E-state index is 14.3. The van der Waals surface area contributed by atoms with Crippen LogP contribution >= 0.6 is 0 Å². The van der Waals surface area contributed by atoms with E-state index in [2.05, 4.69) is 50.4 Å². The van der Waals surface area contributed by atoms with Crippen LogP contribution in [0.2, 0.25) is 0 Å². The van der Waals surface area contributed by atoms with Gasteiger partial charge in [0.15, 0.2) is 0 Å². The van der Waals surface area contributed by atoms with Gasteiger partial charge in [0, 0.05) is 24.1 Å². The molecule has 1 saturated heterocycles. The maximum atomic E-state index is 14.3. The number of carboxylic acid groups (broad SMARTS) is 1. The molecule has 1 heterocycles. The van der Waals surface area contributed by atoms with Crippen molar-refractivity contribution in [2.75, 3.05) is 31.4 Å². The van der Waals surface area contributed by atoms with E-state index >= 15 is 0 Å². The van der Waals surface area contributed by atoms with Gasteiger partial charge in [0.1, 0.15) is 11.6 Å². The molecule has 216 valence electrons. The molecule has 0 aromatic heterocycles. The van der Waals surface area contributed by atoms with Crippen LogP contribution < -0.4 is 10.1 Å². The summed E-state index contributed by atoms with van der Waals surface area (Å²) in [6.07, 6.45) is 0.809. The molecule has 3 N–H and O–H groups in total. The van der Waals surface area contributed by atoms with Crippen molar-refractivity contribution in [1.82, 2.24) is 0 Å². The highest BCUT2D eigenvalue weighted by Crippen LogP contribution is 2.33. The van der Waals surface area contributed by atoms with Crippen LogP contribution in [-0.4, -0.2) is 50.1 Å². The minimum atomic E-state index is -3.67. The number of benzene rings is 3. The number of hydrogen-bond acceptors (Lipinski definition) is 6. The number of ether oxygens (including phenoxy) is 2. The molecule has 8 nitrogen and oxygen atoms in total. The molecule has 0 radical (unpaired) electrons. The molecule has 4 rings (SSSR count). The van der Waals surface area contributed by atoms with Crippen molar-refractivity contribution in [1.29, 1.82) is 0 Å². The van der Waals surface area contributed by atoms with Crippen LogP contribution in [-0.2, 0) is 32.6 Å². The molecule has 1 fully saturated rings. The van der Waals surface area contributed by atoms with Crippen molar-refractivity contribution in [3.05, 3.63) is 82.7 Å². The Hall–Kier alpha value is -3.47. The SMILES string of the molecule is CS(=O)(=O)O.Cc1cc(OCC2(C)COC2)cc(C)c1-c1cccc(CNc2ccc(CCC(=O)O)c(F)c2)c1. The fourth-order valence-electron chi connectivity index (χ4n) is 4.40. The van der Waals surface area contributed by atoms with Gasteiger partial charge in [-0.2, -0.15) is 8.42 Å². The highest BCUT2D eigenvalue weighted by atomic mass is 32.2. The third-order valence-electron chi connectivity index (χ3n) is 6.37. The second-order valence-corrected chi connectivity index (χ2v) is 12.0. The van der Waals surface area contributed by atoms with E-state index in [1.165, 1.54) is 11.6 Å². The molecule has 10 heteroatoms. The fourth-order valence-corrected chi connectivity index (χ4v) is 4.40. The standard InChI is InChI=1S/C29H32FNO4.CH4O3S/c1-19-11-25(35-18-29(3)16-34-17-29)12-20(2)28(19)23-6-4-5-21(13-23)15-31-24-9-7-22(26(30)14-24)8-10-27(32)33;1-5(2,3)4/h4-7,9,11-14,31H,8,10,15-18H2,1-3H3,(H,32,33);1H3,(H,2,3,4). The Morgan fingerprint density at radius 2 is 1.75 bits per heavy atom. The Morgan fingerprint density at radius 3 is 2.30 bits per heavy atom. The van der Waals surface area contributed by atoms with E-state index in [1.807, 2.05) is 12.1 Å². The lowest BCUT2D eigenvalue weighted by Crippen LogP contribution is -2.44. The van der Waals surface area contributed by atoms with Gasteiger partial charge >= 0.3 is 5.97 Å². The summed E-state index contributed by atoms with van der Waals surface area (Å²) in [5.41, 5.74) is 6.86. The number of halogens is 1. The monoisotopic (exact) mass is 573 g/mol. The molecular weight excluding hydrogens is 537 g/mol. The molecule has 1 aliphatic heterocycles. The highest BCUT2D eigenvalue weighted by molar-refractivity contribution is 7.85. The first kappa shape index (κ1) is 31.1. The number of carboxylic acids is 1. The van der Waals surface area contributed by atoms with Gasteiger partial charge in [-0.1, -0.05) is 31.2 Å². The molecule has 0 atom stereocenters. The van der Waals surface area contributed by atoms with Gasteiger partial charge < -0.3 is 19.9 Å². The van der Waals surface area contributed by atoms with Crippen molar-refractivity contribution in [2.24, 2.45) is 5.41 Å². The number of nitrogens with one attached hydrogen (secondary N) is 1. The minimum Gasteiger partial charge on any atom is -0.493 e. The summed E-state index contributed by atoms with van der Waals surface area (Å²) in [6.45, 7) is 9.05. The van der Waals surface area contributed by atoms with E-state index < -0.39 is 21.9 Å². The van der Waals surface area contributed by atoms with Crippen LogP contribution in [0.15, 0.2) is 54.6 Å². The van der Waals surface area contributed by atoms with Gasteiger partial charge in [-0.05, 0) is 84.0 Å². The molecular formula is C30H36FNO7S. The quantitative estimate of drug-likeness (QED) is 0.266. The molecule has 0 saturated carbocycles. The lowest BCUT2D eigenvalue weighted by atomic mass is 9.90. The van der Waals surface area contributed by atoms with Crippen LogP contribution in [0.25, 0.3) is 11.1 Å². The van der Waals surface area contributed by atoms with Gasteiger partial charge in [-0.25, -0.2) is 4.39 Å². The van der Waals surface area contributed by atoms with E-state index in [4.69, 9.17) is 19.1 Å².